The lowest BCUT2D eigenvalue weighted by atomic mass is 9.95. The topological polar surface area (TPSA) is 442 Å². The van der Waals surface area contributed by atoms with Crippen LogP contribution in [0.15, 0.2) is 36.0 Å². The fourth-order valence-electron chi connectivity index (χ4n) is 12.2. The van der Waals surface area contributed by atoms with E-state index >= 15 is 9.59 Å². The van der Waals surface area contributed by atoms with Crippen LogP contribution < -0.4 is 69.5 Å². The first-order valence-electron chi connectivity index (χ1n) is 37.6. The van der Waals surface area contributed by atoms with E-state index in [0.29, 0.717) is 35.8 Å². The number of halogens is 1. The molecule has 0 saturated carbocycles. The van der Waals surface area contributed by atoms with Crippen molar-refractivity contribution in [3.05, 3.63) is 46.6 Å². The van der Waals surface area contributed by atoms with Gasteiger partial charge < -0.3 is 84.3 Å². The lowest BCUT2D eigenvalue weighted by Crippen LogP contribution is -2.64. The number of hydrogen-bond acceptors (Lipinski definition) is 17. The molecule has 0 aromatic heterocycles. The van der Waals surface area contributed by atoms with Crippen molar-refractivity contribution < 1.29 is 77.0 Å². The molecule has 0 unspecified atom stereocenters. The van der Waals surface area contributed by atoms with Crippen LogP contribution in [0.4, 0.5) is 0 Å². The van der Waals surface area contributed by atoms with Crippen molar-refractivity contribution in [3.63, 3.8) is 0 Å². The van der Waals surface area contributed by atoms with Crippen molar-refractivity contribution in [1.29, 1.82) is 0 Å². The van der Waals surface area contributed by atoms with Crippen molar-refractivity contribution in [2.45, 2.75) is 280 Å². The minimum absolute atomic E-state index is 0.0565. The van der Waals surface area contributed by atoms with Gasteiger partial charge in [0.25, 0.3) is 5.91 Å². The number of nitrogens with zero attached hydrogens (tertiary/aromatic N) is 1. The second-order valence-corrected chi connectivity index (χ2v) is 30.8. The van der Waals surface area contributed by atoms with Gasteiger partial charge in [-0.25, -0.2) is 4.79 Å². The molecule has 15 N–H and O–H groups in total. The second-order valence-electron chi connectivity index (χ2n) is 30.3. The third kappa shape index (κ3) is 27.8. The van der Waals surface area contributed by atoms with Crippen LogP contribution in [0.5, 0.6) is 0 Å². The predicted octanol–water partition coefficient (Wildman–Crippen LogP) is 2.49. The first kappa shape index (κ1) is 92.0. The average molecular weight is 1510 g/mol. The summed E-state index contributed by atoms with van der Waals surface area (Å²) in [6.45, 7) is 31.6. The van der Waals surface area contributed by atoms with Gasteiger partial charge in [0.2, 0.25) is 70.9 Å². The van der Waals surface area contributed by atoms with Crippen LogP contribution in [0.1, 0.15) is 195 Å². The monoisotopic (exact) mass is 1510 g/mol. The van der Waals surface area contributed by atoms with Crippen LogP contribution >= 0.6 is 11.6 Å². The maximum absolute atomic E-state index is 15.1. The van der Waals surface area contributed by atoms with E-state index in [4.69, 9.17) is 22.1 Å². The fraction of sp³-hybridized carbons (Fsp3) is 0.707. The molecule has 2 aliphatic rings. The third-order valence-electron chi connectivity index (χ3n) is 19.3. The molecule has 0 radical (unpaired) electrons. The first-order chi connectivity index (χ1) is 49.6. The SMILES string of the molecule is C/C=C1\NC(=O)[C@@H](Cc2cccc(Cl)c2)NC(=O)[C@@H](C(C)C)NC(=O)[C@@H]([C@@H](C)CC)NC(=O)[C@H](NC(=O)[C@@H](NC(=O)[C@H](CCCN)NC(=O)[C@H]2CCCN2C(=O)[C@H](NC(=O)[C@@H](NC(=O)[C@H](NC(=O)[C@H](NC(=O)CCCC(C)C)C(C)C)[C@@H](C)O)C(C)C)C(C)C)[C@H](C)CC)[C@H](C)OC(=O)[C@H](C(C)C)NC1=O. The number of allylic oxidation sites excluding steroid dienone is 1. The number of ether oxygens (including phenoxy) is 1. The number of benzene rings is 1. The zero-order valence-electron chi connectivity index (χ0n) is 65.5. The zero-order valence-corrected chi connectivity index (χ0v) is 66.3. The minimum atomic E-state index is -1.84. The van der Waals surface area contributed by atoms with Crippen LogP contribution in [-0.4, -0.2) is 191 Å². The van der Waals surface area contributed by atoms with Crippen molar-refractivity contribution in [2.24, 2.45) is 53.1 Å². The van der Waals surface area contributed by atoms with E-state index in [0.717, 1.165) is 6.42 Å². The van der Waals surface area contributed by atoms with Gasteiger partial charge in [-0.3, -0.25) is 62.3 Å². The Morgan fingerprint density at radius 3 is 1.74 bits per heavy atom. The van der Waals surface area contributed by atoms with E-state index in [1.54, 1.807) is 121 Å². The van der Waals surface area contributed by atoms with Gasteiger partial charge in [0.05, 0.1) is 6.10 Å². The summed E-state index contributed by atoms with van der Waals surface area (Å²) in [5.41, 5.74) is 6.20. The quantitative estimate of drug-likeness (QED) is 0.0355. The van der Waals surface area contributed by atoms with E-state index in [2.05, 4.69) is 63.8 Å². The predicted molar refractivity (Wildman–Crippen MR) is 400 cm³/mol. The lowest BCUT2D eigenvalue weighted by molar-refractivity contribution is -0.157. The molecule has 0 bridgehead atoms. The normalized spacial score (nSPS) is 22.5. The second kappa shape index (κ2) is 44.1. The molecule has 2 aliphatic heterocycles. The number of aliphatic hydroxyl groups is 1. The number of aliphatic hydroxyl groups excluding tert-OH is 1. The highest BCUT2D eigenvalue weighted by Gasteiger charge is 2.44. The van der Waals surface area contributed by atoms with Crippen molar-refractivity contribution in [3.8, 4) is 0 Å². The summed E-state index contributed by atoms with van der Waals surface area (Å²) in [7, 11) is 0. The van der Waals surface area contributed by atoms with Crippen molar-refractivity contribution in [2.75, 3.05) is 13.1 Å². The molecule has 106 heavy (non-hydrogen) atoms. The number of carbonyl (C=O) groups excluding carboxylic acids is 14. The minimum Gasteiger partial charge on any atom is -0.458 e. The Bertz CT molecular complexity index is 3240. The summed E-state index contributed by atoms with van der Waals surface area (Å²) < 4.78 is 5.96. The highest BCUT2D eigenvalue weighted by molar-refractivity contribution is 6.30. The number of likely N-dealkylation sites (tertiary alicyclic amines) is 1. The maximum Gasteiger partial charge on any atom is 0.329 e. The van der Waals surface area contributed by atoms with Gasteiger partial charge in [-0.15, -0.1) is 0 Å². The molecule has 16 atom stereocenters. The van der Waals surface area contributed by atoms with Gasteiger partial charge >= 0.3 is 5.97 Å². The first-order valence-corrected chi connectivity index (χ1v) is 38.0. The highest BCUT2D eigenvalue weighted by atomic mass is 35.5. The molecule has 2 fully saturated rings. The number of nitrogens with one attached hydrogen (secondary N) is 12. The molecule has 3 rings (SSSR count). The van der Waals surface area contributed by atoms with Crippen molar-refractivity contribution in [1.82, 2.24) is 68.7 Å². The Morgan fingerprint density at radius 1 is 0.642 bits per heavy atom. The molecule has 13 amide bonds. The number of hydrogen-bond donors (Lipinski definition) is 14. The molecule has 0 spiro atoms. The molecular formula is C75H123ClN14O16. The maximum atomic E-state index is 15.1. The average Bonchev–Trinajstić information content (AvgIpc) is 1.51. The van der Waals surface area contributed by atoms with E-state index in [1.165, 1.54) is 31.7 Å². The summed E-state index contributed by atoms with van der Waals surface area (Å²) in [5.74, 6) is -15.3. The molecular weight excluding hydrogens is 1390 g/mol. The Kier molecular flexibility index (Phi) is 38.3. The van der Waals surface area contributed by atoms with Gasteiger partial charge in [0.1, 0.15) is 84.3 Å². The fourth-order valence-corrected chi connectivity index (χ4v) is 12.4. The van der Waals surface area contributed by atoms with Crippen LogP contribution in [0.2, 0.25) is 5.02 Å². The lowest BCUT2D eigenvalue weighted by Gasteiger charge is -2.33. The summed E-state index contributed by atoms with van der Waals surface area (Å²) in [4.78, 5) is 202. The standard InChI is InChI=1S/C75H123ClN14O16/c1-20-43(16)59(71(101)89-62-46(19)106-75(105)58(42(14)15)85-63(93)49(22-3)78-65(95)51(36-47-28-24-29-48(76)35-47)80-67(97)55(39(8)9)82-70(100)60(44(17)21-2)87-73(62)103)86-64(94)50(30-25-33-77)79-66(96)52-31-26-34-90(52)74(104)57(41(12)13)84-69(99)56(40(10)11)83-72(102)61(45(18)91)88-68(98)54(38(6)7)81-53(92)32-23-27-37(4)5/h22,24,28-29,35,37-46,50-52,54-62,91H,20-21,23,25-27,30-34,36,77H2,1-19H3,(H,78,95)(H,79,96)(H,80,97)(H,81,92)(H,82,100)(H,83,102)(H,84,99)(H,85,93)(H,86,94)(H,87,103)(H,88,98)(H,89,101)/b49-22-/t43-,44+,45-,46+,50+,51-,52-,54-,55-,56+,57-,58+,59+,60-,61-,62-/m1/s1. The van der Waals surface area contributed by atoms with Gasteiger partial charge in [0.15, 0.2) is 0 Å². The number of carbonyl (C=O) groups is 14. The molecule has 1 aromatic carbocycles. The molecule has 0 aliphatic carbocycles. The van der Waals surface area contributed by atoms with Gasteiger partial charge in [0, 0.05) is 24.4 Å². The van der Waals surface area contributed by atoms with E-state index < -0.39 is 203 Å². The molecule has 31 heteroatoms. The molecule has 1 aromatic rings. The largest absolute Gasteiger partial charge is 0.458 e. The Hall–Kier alpha value is -8.25. The Labute approximate surface area is 630 Å². The highest BCUT2D eigenvalue weighted by Crippen LogP contribution is 2.24. The summed E-state index contributed by atoms with van der Waals surface area (Å²) in [5, 5.41) is 43.4. The molecule has 2 saturated heterocycles. The van der Waals surface area contributed by atoms with Crippen LogP contribution in [-0.2, 0) is 78.3 Å². The van der Waals surface area contributed by atoms with Crippen LogP contribution in [0.3, 0.4) is 0 Å². The smallest absolute Gasteiger partial charge is 0.329 e. The summed E-state index contributed by atoms with van der Waals surface area (Å²) in [6.07, 6.45) is 0.871. The van der Waals surface area contributed by atoms with E-state index in [9.17, 15) is 62.6 Å². The van der Waals surface area contributed by atoms with E-state index in [1.807, 2.05) is 13.8 Å². The van der Waals surface area contributed by atoms with Gasteiger partial charge in [-0.05, 0) is 124 Å². The van der Waals surface area contributed by atoms with E-state index in [-0.39, 0.29) is 63.2 Å². The zero-order chi connectivity index (χ0) is 80.3. The van der Waals surface area contributed by atoms with Crippen molar-refractivity contribution >= 4 is 94.4 Å². The van der Waals surface area contributed by atoms with Gasteiger partial charge in [-0.1, -0.05) is 160 Å². The van der Waals surface area contributed by atoms with Gasteiger partial charge in [-0.2, -0.15) is 0 Å². The third-order valence-corrected chi connectivity index (χ3v) is 19.5. The molecule has 2 heterocycles. The van der Waals surface area contributed by atoms with Crippen LogP contribution in [0.25, 0.3) is 0 Å². The number of cyclic esters (lactones) is 1. The summed E-state index contributed by atoms with van der Waals surface area (Å²) >= 11 is 6.31. The summed E-state index contributed by atoms with van der Waals surface area (Å²) in [6, 6.07) is -10.0. The Morgan fingerprint density at radius 2 is 1.20 bits per heavy atom. The Balaban J connectivity index is 2.01. The number of amides is 13. The van der Waals surface area contributed by atoms with Crippen LogP contribution in [0, 0.1) is 47.3 Å². The molecule has 596 valence electrons. The number of rotatable bonds is 33. The number of esters is 1. The number of nitrogens with two attached hydrogens (primary N) is 1. The molecule has 30 nitrogen and oxygen atoms in total.